The second kappa shape index (κ2) is 6.08. The summed E-state index contributed by atoms with van der Waals surface area (Å²) in [6, 6.07) is 20.3. The zero-order valence-corrected chi connectivity index (χ0v) is 13.9. The topological polar surface area (TPSA) is 9.23 Å². The van der Waals surface area contributed by atoms with E-state index in [9.17, 15) is 0 Å². The molecule has 0 bridgehead atoms. The van der Waals surface area contributed by atoms with Gasteiger partial charge in [-0.3, -0.25) is 0 Å². The Kier molecular flexibility index (Phi) is 4.18. The molecule has 21 heavy (non-hydrogen) atoms. The van der Waals surface area contributed by atoms with Crippen LogP contribution in [0.25, 0.3) is 10.8 Å². The molecule has 3 heteroatoms. The van der Waals surface area contributed by atoms with Gasteiger partial charge in [-0.05, 0) is 34.7 Å². The first-order chi connectivity index (χ1) is 10.2. The number of benzene rings is 3. The smallest absolute Gasteiger partial charge is 0.118 e. The van der Waals surface area contributed by atoms with Crippen LogP contribution in [-0.4, -0.2) is 7.11 Å². The summed E-state index contributed by atoms with van der Waals surface area (Å²) in [5.74, 6) is 0.861. The summed E-state index contributed by atoms with van der Waals surface area (Å²) in [4.78, 5) is 0.116. The second-order valence-corrected chi connectivity index (χ2v) is 6.14. The lowest BCUT2D eigenvalue weighted by Crippen LogP contribution is -1.95. The average Bonchev–Trinajstić information content (AvgIpc) is 2.55. The molecular formula is C18H14BrClO. The quantitative estimate of drug-likeness (QED) is 0.521. The van der Waals surface area contributed by atoms with Crippen LogP contribution in [0.15, 0.2) is 60.7 Å². The Morgan fingerprint density at radius 2 is 1.57 bits per heavy atom. The van der Waals surface area contributed by atoms with E-state index in [1.165, 1.54) is 16.5 Å². The van der Waals surface area contributed by atoms with Gasteiger partial charge in [-0.15, -0.1) is 0 Å². The SMILES string of the molecule is COc1ccc(C(Br)c2ccc(Cl)c3ccccc23)cc1. The van der Waals surface area contributed by atoms with Gasteiger partial charge in [-0.25, -0.2) is 0 Å². The first-order valence-corrected chi connectivity index (χ1v) is 7.95. The van der Waals surface area contributed by atoms with E-state index in [1.807, 2.05) is 30.3 Å². The van der Waals surface area contributed by atoms with Crippen LogP contribution in [0.2, 0.25) is 5.02 Å². The van der Waals surface area contributed by atoms with E-state index >= 15 is 0 Å². The van der Waals surface area contributed by atoms with Crippen LogP contribution in [0.1, 0.15) is 16.0 Å². The van der Waals surface area contributed by atoms with E-state index in [2.05, 4.69) is 46.3 Å². The van der Waals surface area contributed by atoms with E-state index in [0.29, 0.717) is 0 Å². The van der Waals surface area contributed by atoms with Crippen molar-refractivity contribution >= 4 is 38.3 Å². The molecule has 0 aliphatic carbocycles. The number of hydrogen-bond acceptors (Lipinski definition) is 1. The zero-order chi connectivity index (χ0) is 14.8. The third kappa shape index (κ3) is 2.78. The predicted octanol–water partition coefficient (Wildman–Crippen LogP) is 5.99. The number of halogens is 2. The molecule has 1 atom stereocenters. The van der Waals surface area contributed by atoms with E-state index in [-0.39, 0.29) is 4.83 Å². The number of alkyl halides is 1. The van der Waals surface area contributed by atoms with E-state index in [4.69, 9.17) is 16.3 Å². The minimum atomic E-state index is 0.116. The highest BCUT2D eigenvalue weighted by Crippen LogP contribution is 2.37. The Morgan fingerprint density at radius 3 is 2.24 bits per heavy atom. The molecule has 0 aromatic heterocycles. The molecule has 3 aromatic carbocycles. The first kappa shape index (κ1) is 14.4. The lowest BCUT2D eigenvalue weighted by Gasteiger charge is -2.15. The lowest BCUT2D eigenvalue weighted by atomic mass is 9.98. The molecular weight excluding hydrogens is 348 g/mol. The van der Waals surface area contributed by atoms with Gasteiger partial charge >= 0.3 is 0 Å². The monoisotopic (exact) mass is 360 g/mol. The molecule has 3 rings (SSSR count). The van der Waals surface area contributed by atoms with Crippen molar-refractivity contribution in [1.29, 1.82) is 0 Å². The van der Waals surface area contributed by atoms with Gasteiger partial charge < -0.3 is 4.74 Å². The minimum Gasteiger partial charge on any atom is -0.497 e. The molecule has 1 nitrogen and oxygen atoms in total. The molecule has 0 saturated heterocycles. The Hall–Kier alpha value is -1.51. The van der Waals surface area contributed by atoms with Gasteiger partial charge in [0, 0.05) is 10.4 Å². The van der Waals surface area contributed by atoms with Crippen LogP contribution in [0, 0.1) is 0 Å². The van der Waals surface area contributed by atoms with Crippen molar-refractivity contribution in [3.05, 3.63) is 76.8 Å². The van der Waals surface area contributed by atoms with Crippen molar-refractivity contribution in [3.63, 3.8) is 0 Å². The predicted molar refractivity (Wildman–Crippen MR) is 92.7 cm³/mol. The second-order valence-electron chi connectivity index (χ2n) is 4.82. The average molecular weight is 362 g/mol. The molecule has 0 amide bonds. The Balaban J connectivity index is 2.08. The largest absolute Gasteiger partial charge is 0.497 e. The molecule has 0 radical (unpaired) electrons. The summed E-state index contributed by atoms with van der Waals surface area (Å²) in [7, 11) is 1.67. The van der Waals surface area contributed by atoms with Crippen LogP contribution < -0.4 is 4.74 Å². The molecule has 106 valence electrons. The third-order valence-corrected chi connectivity index (χ3v) is 4.94. The molecule has 0 aliphatic rings. The van der Waals surface area contributed by atoms with Gasteiger partial charge in [0.1, 0.15) is 5.75 Å². The zero-order valence-electron chi connectivity index (χ0n) is 11.5. The van der Waals surface area contributed by atoms with E-state index < -0.39 is 0 Å². The highest BCUT2D eigenvalue weighted by molar-refractivity contribution is 9.09. The molecule has 1 unspecified atom stereocenters. The number of hydrogen-bond donors (Lipinski definition) is 0. The van der Waals surface area contributed by atoms with Gasteiger partial charge in [0.05, 0.1) is 11.9 Å². The maximum atomic E-state index is 6.29. The number of rotatable bonds is 3. The van der Waals surface area contributed by atoms with Crippen LogP contribution in [0.4, 0.5) is 0 Å². The Labute approximate surface area is 137 Å². The highest BCUT2D eigenvalue weighted by Gasteiger charge is 2.14. The van der Waals surface area contributed by atoms with Crippen molar-refractivity contribution < 1.29 is 4.74 Å². The maximum Gasteiger partial charge on any atom is 0.118 e. The van der Waals surface area contributed by atoms with Gasteiger partial charge in [0.2, 0.25) is 0 Å². The molecule has 0 fully saturated rings. The maximum absolute atomic E-state index is 6.29. The fraction of sp³-hybridized carbons (Fsp3) is 0.111. The summed E-state index contributed by atoms with van der Waals surface area (Å²) in [5.41, 5.74) is 2.39. The Bertz CT molecular complexity index is 768. The molecule has 0 spiro atoms. The number of ether oxygens (including phenoxy) is 1. The van der Waals surface area contributed by atoms with Gasteiger partial charge in [-0.2, -0.15) is 0 Å². The van der Waals surface area contributed by atoms with Crippen LogP contribution in [0.5, 0.6) is 5.75 Å². The summed E-state index contributed by atoms with van der Waals surface area (Å²) >= 11 is 10.1. The lowest BCUT2D eigenvalue weighted by molar-refractivity contribution is 0.414. The summed E-state index contributed by atoms with van der Waals surface area (Å²) < 4.78 is 5.21. The van der Waals surface area contributed by atoms with Crippen molar-refractivity contribution in [2.75, 3.05) is 7.11 Å². The van der Waals surface area contributed by atoms with Crippen molar-refractivity contribution in [3.8, 4) is 5.75 Å². The van der Waals surface area contributed by atoms with Gasteiger partial charge in [0.15, 0.2) is 0 Å². The number of fused-ring (bicyclic) bond motifs is 1. The summed E-state index contributed by atoms with van der Waals surface area (Å²) in [6.07, 6.45) is 0. The van der Waals surface area contributed by atoms with E-state index in [1.54, 1.807) is 7.11 Å². The van der Waals surface area contributed by atoms with Crippen molar-refractivity contribution in [1.82, 2.24) is 0 Å². The molecule has 0 N–H and O–H groups in total. The Morgan fingerprint density at radius 1 is 0.905 bits per heavy atom. The molecule has 3 aromatic rings. The highest BCUT2D eigenvalue weighted by atomic mass is 79.9. The fourth-order valence-corrected chi connectivity index (χ4v) is 3.39. The first-order valence-electron chi connectivity index (χ1n) is 6.66. The molecule has 0 heterocycles. The van der Waals surface area contributed by atoms with E-state index in [0.717, 1.165) is 16.2 Å². The molecule has 0 saturated carbocycles. The van der Waals surface area contributed by atoms with Crippen LogP contribution in [0.3, 0.4) is 0 Å². The fourth-order valence-electron chi connectivity index (χ4n) is 2.46. The summed E-state index contributed by atoms with van der Waals surface area (Å²) in [5, 5.41) is 3.03. The van der Waals surface area contributed by atoms with Crippen molar-refractivity contribution in [2.45, 2.75) is 4.83 Å². The van der Waals surface area contributed by atoms with Crippen LogP contribution >= 0.6 is 27.5 Å². The van der Waals surface area contributed by atoms with Gasteiger partial charge in [0.25, 0.3) is 0 Å². The normalized spacial score (nSPS) is 12.3. The third-order valence-electron chi connectivity index (χ3n) is 3.59. The standard InChI is InChI=1S/C18H14BrClO/c1-21-13-8-6-12(7-9-13)18(19)16-10-11-17(20)15-5-3-2-4-14(15)16/h2-11,18H,1H3. The van der Waals surface area contributed by atoms with Gasteiger partial charge in [-0.1, -0.05) is 70.0 Å². The summed E-state index contributed by atoms with van der Waals surface area (Å²) in [6.45, 7) is 0. The minimum absolute atomic E-state index is 0.116. The number of methoxy groups -OCH3 is 1. The molecule has 0 aliphatic heterocycles. The van der Waals surface area contributed by atoms with Crippen LogP contribution in [-0.2, 0) is 0 Å². The van der Waals surface area contributed by atoms with Crippen molar-refractivity contribution in [2.24, 2.45) is 0 Å².